The number of nitrogens with zero attached hydrogens (tertiary/aromatic N) is 2. The molecule has 41 heavy (non-hydrogen) atoms. The molecule has 3 aromatic rings. The number of carbonyl (C=O) groups is 1. The van der Waals surface area contributed by atoms with Crippen molar-refractivity contribution in [1.29, 1.82) is 0 Å². The Hall–Kier alpha value is -3.93. The Balaban J connectivity index is 1.49. The van der Waals surface area contributed by atoms with Crippen molar-refractivity contribution in [2.45, 2.75) is 49.9 Å². The van der Waals surface area contributed by atoms with Gasteiger partial charge in [0.1, 0.15) is 5.82 Å². The normalized spacial score (nSPS) is 22.0. The highest BCUT2D eigenvalue weighted by Crippen LogP contribution is 2.45. The van der Waals surface area contributed by atoms with E-state index in [-0.39, 0.29) is 24.1 Å². The minimum absolute atomic E-state index is 0.0240. The number of aromatic nitrogens is 1. The zero-order valence-electron chi connectivity index (χ0n) is 21.5. The number of ether oxygens (including phenoxy) is 1. The average Bonchev–Trinajstić information content (AvgIpc) is 3.26. The summed E-state index contributed by atoms with van der Waals surface area (Å²) in [6.45, 7) is 1.38. The fraction of sp³-hybridized carbons (Fsp3) is 0.310. The molecule has 1 saturated heterocycles. The van der Waals surface area contributed by atoms with Crippen LogP contribution in [0, 0.1) is 5.82 Å². The van der Waals surface area contributed by atoms with Gasteiger partial charge >= 0.3 is 12.4 Å². The fourth-order valence-electron chi connectivity index (χ4n) is 5.53. The lowest BCUT2D eigenvalue weighted by atomic mass is 9.83. The molecule has 1 N–H and O–H groups in total. The first-order valence-electron chi connectivity index (χ1n) is 12.6. The molecule has 2 aromatic carbocycles. The van der Waals surface area contributed by atoms with Crippen LogP contribution in [-0.4, -0.2) is 34.7 Å². The smallest absolute Gasteiger partial charge is 0.368 e. The molecule has 0 bridgehead atoms. The molecule has 2 unspecified atom stereocenters. The van der Waals surface area contributed by atoms with Crippen LogP contribution in [-0.2, 0) is 21.9 Å². The number of benzene rings is 2. The van der Waals surface area contributed by atoms with Crippen molar-refractivity contribution in [2.24, 2.45) is 0 Å². The molecule has 2 aliphatic rings. The van der Waals surface area contributed by atoms with Crippen LogP contribution in [0.15, 0.2) is 73.1 Å². The number of amides is 1. The molecule has 5 rings (SSSR count). The maximum absolute atomic E-state index is 13.8. The SMILES string of the molecule is C[C@@H](OC1CN2C(=O)C=C(c3cc[n+](O)cc3)CC2[C@@H]1c1ccc(F)cc1)c1cc(C(F)(F)F)cc(C(F)(F)F)c1. The van der Waals surface area contributed by atoms with Crippen LogP contribution in [0.2, 0.25) is 0 Å². The number of hydrogen-bond donors (Lipinski definition) is 1. The van der Waals surface area contributed by atoms with Crippen molar-refractivity contribution in [3.63, 3.8) is 0 Å². The summed E-state index contributed by atoms with van der Waals surface area (Å²) < 4.78 is 102. The first-order chi connectivity index (χ1) is 19.2. The van der Waals surface area contributed by atoms with E-state index in [4.69, 9.17) is 4.74 Å². The Bertz CT molecular complexity index is 1440. The van der Waals surface area contributed by atoms with Gasteiger partial charge in [0.15, 0.2) is 0 Å². The number of carbonyl (C=O) groups excluding carboxylic acids is 1. The summed E-state index contributed by atoms with van der Waals surface area (Å²) in [5.41, 5.74) is -1.26. The molecule has 0 saturated carbocycles. The average molecular weight is 582 g/mol. The van der Waals surface area contributed by atoms with E-state index in [9.17, 15) is 40.7 Å². The topological polar surface area (TPSA) is 53.7 Å². The molecule has 12 heteroatoms. The van der Waals surface area contributed by atoms with Gasteiger partial charge in [0.2, 0.25) is 18.3 Å². The Labute approximate surface area is 230 Å². The van der Waals surface area contributed by atoms with Crippen molar-refractivity contribution in [3.05, 3.63) is 107 Å². The summed E-state index contributed by atoms with van der Waals surface area (Å²) in [5.74, 6) is -1.41. The molecule has 0 aliphatic carbocycles. The molecule has 1 fully saturated rings. The molecule has 1 amide bonds. The second-order valence-electron chi connectivity index (χ2n) is 10.1. The van der Waals surface area contributed by atoms with E-state index in [0.29, 0.717) is 35.3 Å². The molecule has 4 atom stereocenters. The lowest BCUT2D eigenvalue weighted by Crippen LogP contribution is -2.39. The van der Waals surface area contributed by atoms with Crippen LogP contribution < -0.4 is 4.73 Å². The van der Waals surface area contributed by atoms with Crippen LogP contribution in [0.5, 0.6) is 0 Å². The third kappa shape index (κ3) is 5.92. The van der Waals surface area contributed by atoms with Crippen LogP contribution in [0.1, 0.15) is 53.2 Å². The summed E-state index contributed by atoms with van der Waals surface area (Å²) in [4.78, 5) is 14.8. The molecule has 5 nitrogen and oxygen atoms in total. The molecular formula is C29H24F7N2O3+. The number of rotatable bonds is 5. The van der Waals surface area contributed by atoms with E-state index in [2.05, 4.69) is 0 Å². The Kier molecular flexibility index (Phi) is 7.31. The number of alkyl halides is 6. The molecule has 0 radical (unpaired) electrons. The first-order valence-corrected chi connectivity index (χ1v) is 12.6. The van der Waals surface area contributed by atoms with Gasteiger partial charge in [-0.15, -0.1) is 0 Å². The van der Waals surface area contributed by atoms with Crippen molar-refractivity contribution in [1.82, 2.24) is 4.90 Å². The van der Waals surface area contributed by atoms with Gasteiger partial charge < -0.3 is 9.64 Å². The highest BCUT2D eigenvalue weighted by atomic mass is 19.4. The van der Waals surface area contributed by atoms with Crippen LogP contribution in [0.3, 0.4) is 0 Å². The van der Waals surface area contributed by atoms with Crippen molar-refractivity contribution >= 4 is 11.5 Å². The highest BCUT2D eigenvalue weighted by Gasteiger charge is 2.48. The van der Waals surface area contributed by atoms with Crippen molar-refractivity contribution < 1.29 is 50.2 Å². The van der Waals surface area contributed by atoms with Crippen molar-refractivity contribution in [3.8, 4) is 0 Å². The maximum Gasteiger partial charge on any atom is 0.416 e. The van der Waals surface area contributed by atoms with Gasteiger partial charge in [-0.1, -0.05) is 12.1 Å². The van der Waals surface area contributed by atoms with Crippen LogP contribution >= 0.6 is 0 Å². The van der Waals surface area contributed by atoms with E-state index in [1.807, 2.05) is 0 Å². The van der Waals surface area contributed by atoms with Gasteiger partial charge in [-0.25, -0.2) is 4.39 Å². The maximum atomic E-state index is 13.8. The monoisotopic (exact) mass is 581 g/mol. The van der Waals surface area contributed by atoms with Crippen molar-refractivity contribution in [2.75, 3.05) is 6.54 Å². The van der Waals surface area contributed by atoms with Gasteiger partial charge in [0.25, 0.3) is 0 Å². The number of pyridine rings is 1. The Morgan fingerprint density at radius 3 is 2.10 bits per heavy atom. The molecular weight excluding hydrogens is 557 g/mol. The zero-order chi connectivity index (χ0) is 29.7. The fourth-order valence-corrected chi connectivity index (χ4v) is 5.53. The summed E-state index contributed by atoms with van der Waals surface area (Å²) >= 11 is 0. The largest absolute Gasteiger partial charge is 0.416 e. The summed E-state index contributed by atoms with van der Waals surface area (Å²) in [6.07, 6.45) is -7.46. The van der Waals surface area contributed by atoms with Crippen LogP contribution in [0.25, 0.3) is 5.57 Å². The highest BCUT2D eigenvalue weighted by molar-refractivity contribution is 5.97. The number of fused-ring (bicyclic) bond motifs is 1. The number of hydrogen-bond acceptors (Lipinski definition) is 3. The molecule has 3 heterocycles. The van der Waals surface area contributed by atoms with E-state index < -0.39 is 53.5 Å². The van der Waals surface area contributed by atoms with Gasteiger partial charge in [-0.3, -0.25) is 10.0 Å². The standard InChI is InChI=1S/C29H24F7N2O3/c1-16(19-10-21(28(31,32)33)14-22(11-19)29(34,35)36)41-25-15-38-24(27(25)18-2-4-23(30)5-3-18)12-20(13-26(38)39)17-6-8-37(40)9-7-17/h2-11,13-14,16,24-25,27,40H,12,15H2,1H3/q+1/t16-,24?,25?,27+/m1/s1. The van der Waals surface area contributed by atoms with E-state index in [1.54, 1.807) is 17.0 Å². The second kappa shape index (κ2) is 10.5. The quantitative estimate of drug-likeness (QED) is 0.218. The van der Waals surface area contributed by atoms with Gasteiger partial charge in [0, 0.05) is 41.4 Å². The summed E-state index contributed by atoms with van der Waals surface area (Å²) in [7, 11) is 0. The predicted octanol–water partition coefficient (Wildman–Crippen LogP) is 6.32. The lowest BCUT2D eigenvalue weighted by molar-refractivity contribution is -0.904. The molecule has 0 spiro atoms. The Morgan fingerprint density at radius 2 is 1.54 bits per heavy atom. The second-order valence-corrected chi connectivity index (χ2v) is 10.1. The Morgan fingerprint density at radius 1 is 0.951 bits per heavy atom. The minimum atomic E-state index is -5.01. The molecule has 216 valence electrons. The van der Waals surface area contributed by atoms with E-state index in [1.165, 1.54) is 49.7 Å². The molecule has 1 aromatic heterocycles. The van der Waals surface area contributed by atoms with Crippen LogP contribution in [0.4, 0.5) is 30.7 Å². The summed E-state index contributed by atoms with van der Waals surface area (Å²) in [6, 6.07) is 9.59. The van der Waals surface area contributed by atoms with Gasteiger partial charge in [-0.2, -0.15) is 26.3 Å². The third-order valence-electron chi connectivity index (χ3n) is 7.50. The third-order valence-corrected chi connectivity index (χ3v) is 7.50. The summed E-state index contributed by atoms with van der Waals surface area (Å²) in [5, 5.41) is 9.56. The van der Waals surface area contributed by atoms with Gasteiger partial charge in [0.05, 0.1) is 23.3 Å². The first kappa shape index (κ1) is 28.6. The predicted molar refractivity (Wildman–Crippen MR) is 131 cm³/mol. The number of halogens is 7. The van der Waals surface area contributed by atoms with E-state index in [0.717, 1.165) is 4.73 Å². The minimum Gasteiger partial charge on any atom is -0.368 e. The lowest BCUT2D eigenvalue weighted by Gasteiger charge is -2.32. The zero-order valence-corrected chi connectivity index (χ0v) is 21.5. The van der Waals surface area contributed by atoms with Gasteiger partial charge in [-0.05, 0) is 65.9 Å². The molecule has 2 aliphatic heterocycles. The van der Waals surface area contributed by atoms with E-state index >= 15 is 0 Å².